The minimum Gasteiger partial charge on any atom is -0.382 e. The van der Waals surface area contributed by atoms with Crippen molar-refractivity contribution in [1.82, 2.24) is 5.32 Å². The smallest absolute Gasteiger partial charge is 0.0375 e. The van der Waals surface area contributed by atoms with Crippen molar-refractivity contribution in [1.29, 1.82) is 0 Å². The van der Waals surface area contributed by atoms with Gasteiger partial charge in [-0.05, 0) is 68.3 Å². The molecule has 0 radical (unpaired) electrons. The Bertz CT molecular complexity index is 468. The number of rotatable bonds is 4. The fourth-order valence-corrected chi connectivity index (χ4v) is 4.50. The first-order valence-corrected chi connectivity index (χ1v) is 9.35. The molecule has 0 spiro atoms. The second-order valence-electron chi connectivity index (χ2n) is 6.56. The molecule has 1 saturated carbocycles. The van der Waals surface area contributed by atoms with Crippen LogP contribution in [0.2, 0.25) is 0 Å². The second-order valence-corrected chi connectivity index (χ2v) is 7.47. The Balaban J connectivity index is 1.71. The number of halogens is 1. The van der Waals surface area contributed by atoms with E-state index in [1.54, 1.807) is 0 Å². The summed E-state index contributed by atoms with van der Waals surface area (Å²) in [5, 5.41) is 7.64. The number of hydrogen-bond donors (Lipinski definition) is 2. The van der Waals surface area contributed by atoms with Crippen molar-refractivity contribution in [3.05, 3.63) is 28.2 Å². The van der Waals surface area contributed by atoms with Crippen molar-refractivity contribution in [2.75, 3.05) is 11.9 Å². The fourth-order valence-electron chi connectivity index (χ4n) is 4.09. The average molecular weight is 351 g/mol. The summed E-state index contributed by atoms with van der Waals surface area (Å²) in [5.41, 5.74) is 2.76. The Morgan fingerprint density at radius 2 is 2.10 bits per heavy atom. The molecule has 1 aromatic carbocycles. The van der Waals surface area contributed by atoms with Gasteiger partial charge in [-0.25, -0.2) is 0 Å². The zero-order valence-electron chi connectivity index (χ0n) is 13.0. The fraction of sp³-hybridized carbons (Fsp3) is 0.667. The van der Waals surface area contributed by atoms with Crippen LogP contribution >= 0.6 is 15.9 Å². The van der Waals surface area contributed by atoms with E-state index in [9.17, 15) is 0 Å². The van der Waals surface area contributed by atoms with E-state index in [0.717, 1.165) is 18.4 Å². The zero-order valence-corrected chi connectivity index (χ0v) is 14.6. The van der Waals surface area contributed by atoms with Crippen LogP contribution in [0, 0.1) is 5.92 Å². The number of hydrogen-bond acceptors (Lipinski definition) is 2. The Hall–Kier alpha value is -0.540. The Morgan fingerprint density at radius 1 is 1.19 bits per heavy atom. The second kappa shape index (κ2) is 7.15. The van der Waals surface area contributed by atoms with Crippen LogP contribution in [-0.2, 0) is 6.42 Å². The summed E-state index contributed by atoms with van der Waals surface area (Å²) in [6, 6.07) is 8.04. The number of aryl methyl sites for hydroxylation is 1. The highest BCUT2D eigenvalue weighted by Gasteiger charge is 2.34. The van der Waals surface area contributed by atoms with E-state index in [-0.39, 0.29) is 0 Å². The molecule has 3 heteroatoms. The lowest BCUT2D eigenvalue weighted by Gasteiger charge is -2.33. The molecule has 1 heterocycles. The van der Waals surface area contributed by atoms with Gasteiger partial charge in [0.2, 0.25) is 0 Å². The molecule has 2 aliphatic rings. The van der Waals surface area contributed by atoms with Crippen LogP contribution in [0.4, 0.5) is 5.69 Å². The van der Waals surface area contributed by atoms with E-state index >= 15 is 0 Å². The highest BCUT2D eigenvalue weighted by molar-refractivity contribution is 9.10. The van der Waals surface area contributed by atoms with Crippen molar-refractivity contribution in [2.24, 2.45) is 5.92 Å². The van der Waals surface area contributed by atoms with Gasteiger partial charge in [-0.3, -0.25) is 0 Å². The lowest BCUT2D eigenvalue weighted by Crippen LogP contribution is -2.44. The maximum Gasteiger partial charge on any atom is 0.0375 e. The Kier molecular flexibility index (Phi) is 5.23. The third-order valence-corrected chi connectivity index (χ3v) is 5.72. The predicted molar refractivity (Wildman–Crippen MR) is 93.9 cm³/mol. The summed E-state index contributed by atoms with van der Waals surface area (Å²) >= 11 is 3.59. The molecule has 3 atom stereocenters. The van der Waals surface area contributed by atoms with Crippen LogP contribution in [-0.4, -0.2) is 18.6 Å². The van der Waals surface area contributed by atoms with Gasteiger partial charge in [0.1, 0.15) is 0 Å². The summed E-state index contributed by atoms with van der Waals surface area (Å²) in [5.74, 6) is 0.804. The van der Waals surface area contributed by atoms with Crippen molar-refractivity contribution in [3.63, 3.8) is 0 Å². The molecule has 1 saturated heterocycles. The molecule has 2 nitrogen and oxygen atoms in total. The first-order chi connectivity index (χ1) is 10.3. The molecule has 0 bridgehead atoms. The average Bonchev–Trinajstić information content (AvgIpc) is 2.98. The minimum absolute atomic E-state index is 0.645. The Morgan fingerprint density at radius 3 is 2.86 bits per heavy atom. The molecule has 2 N–H and O–H groups in total. The van der Waals surface area contributed by atoms with Crippen LogP contribution in [0.1, 0.15) is 51.0 Å². The molecular weight excluding hydrogens is 324 g/mol. The molecule has 21 heavy (non-hydrogen) atoms. The topological polar surface area (TPSA) is 24.1 Å². The van der Waals surface area contributed by atoms with Gasteiger partial charge in [-0.2, -0.15) is 0 Å². The molecular formula is C18H27BrN2. The van der Waals surface area contributed by atoms with Gasteiger partial charge < -0.3 is 10.6 Å². The maximum absolute atomic E-state index is 3.87. The van der Waals surface area contributed by atoms with Crippen molar-refractivity contribution >= 4 is 21.6 Å². The molecule has 2 fully saturated rings. The van der Waals surface area contributed by atoms with Crippen LogP contribution in [0.25, 0.3) is 0 Å². The summed E-state index contributed by atoms with van der Waals surface area (Å²) in [7, 11) is 0. The summed E-state index contributed by atoms with van der Waals surface area (Å²) in [6.45, 7) is 3.45. The summed E-state index contributed by atoms with van der Waals surface area (Å²) in [4.78, 5) is 0. The molecule has 0 aromatic heterocycles. The van der Waals surface area contributed by atoms with Crippen LogP contribution in [0.3, 0.4) is 0 Å². The summed E-state index contributed by atoms with van der Waals surface area (Å²) in [6.07, 6.45) is 9.28. The zero-order chi connectivity index (χ0) is 14.7. The van der Waals surface area contributed by atoms with Gasteiger partial charge in [0.25, 0.3) is 0 Å². The van der Waals surface area contributed by atoms with Gasteiger partial charge in [0.15, 0.2) is 0 Å². The number of anilines is 1. The largest absolute Gasteiger partial charge is 0.382 e. The molecule has 0 amide bonds. The van der Waals surface area contributed by atoms with Gasteiger partial charge >= 0.3 is 0 Å². The van der Waals surface area contributed by atoms with Crippen molar-refractivity contribution in [2.45, 2.75) is 64.0 Å². The van der Waals surface area contributed by atoms with E-state index < -0.39 is 0 Å². The quantitative estimate of drug-likeness (QED) is 0.819. The van der Waals surface area contributed by atoms with E-state index in [2.05, 4.69) is 51.7 Å². The van der Waals surface area contributed by atoms with Gasteiger partial charge in [-0.1, -0.05) is 35.7 Å². The van der Waals surface area contributed by atoms with E-state index in [4.69, 9.17) is 0 Å². The minimum atomic E-state index is 0.645. The van der Waals surface area contributed by atoms with E-state index in [1.807, 2.05) is 0 Å². The first-order valence-electron chi connectivity index (χ1n) is 8.56. The molecule has 116 valence electrons. The number of nitrogens with one attached hydrogen (secondary N) is 2. The molecule has 3 unspecified atom stereocenters. The molecule has 1 aromatic rings. The Labute approximate surface area is 137 Å². The van der Waals surface area contributed by atoms with E-state index in [0.29, 0.717) is 6.04 Å². The van der Waals surface area contributed by atoms with E-state index in [1.165, 1.54) is 60.8 Å². The monoisotopic (exact) mass is 350 g/mol. The molecule has 1 aliphatic carbocycles. The van der Waals surface area contributed by atoms with Crippen molar-refractivity contribution < 1.29 is 0 Å². The highest BCUT2D eigenvalue weighted by Crippen LogP contribution is 2.34. The lowest BCUT2D eigenvalue weighted by atomic mass is 9.88. The third kappa shape index (κ3) is 3.62. The molecule has 3 rings (SSSR count). The summed E-state index contributed by atoms with van der Waals surface area (Å²) < 4.78 is 1.18. The predicted octanol–water partition coefficient (Wildman–Crippen LogP) is 4.73. The molecule has 1 aliphatic heterocycles. The maximum atomic E-state index is 3.87. The lowest BCUT2D eigenvalue weighted by molar-refractivity contribution is 0.286. The third-order valence-electron chi connectivity index (χ3n) is 5.22. The SMILES string of the molecule is CCc1cc(Br)ccc1NC1CCCC1C1CCCCN1. The van der Waals surface area contributed by atoms with Crippen LogP contribution in [0.5, 0.6) is 0 Å². The normalized spacial score (nSPS) is 29.5. The number of piperidine rings is 1. The highest BCUT2D eigenvalue weighted by atomic mass is 79.9. The van der Waals surface area contributed by atoms with Crippen molar-refractivity contribution in [3.8, 4) is 0 Å². The van der Waals surface area contributed by atoms with Gasteiger partial charge in [-0.15, -0.1) is 0 Å². The number of benzene rings is 1. The van der Waals surface area contributed by atoms with Gasteiger partial charge in [0.05, 0.1) is 0 Å². The van der Waals surface area contributed by atoms with Gasteiger partial charge in [0, 0.05) is 22.2 Å². The van der Waals surface area contributed by atoms with Crippen LogP contribution in [0.15, 0.2) is 22.7 Å². The first kappa shape index (κ1) is 15.4. The standard InChI is InChI=1S/C18H27BrN2/c1-2-13-12-14(19)9-10-16(13)21-18-8-5-6-15(18)17-7-3-4-11-20-17/h9-10,12,15,17-18,20-21H,2-8,11H2,1H3. The van der Waals surface area contributed by atoms with Crippen LogP contribution < -0.4 is 10.6 Å².